The Kier molecular flexibility index (Phi) is 1.81. The van der Waals surface area contributed by atoms with Crippen LogP contribution in [0.3, 0.4) is 0 Å². The molecule has 0 amide bonds. The fourth-order valence-electron chi connectivity index (χ4n) is 1.34. The van der Waals surface area contributed by atoms with Gasteiger partial charge in [0.1, 0.15) is 5.65 Å². The molecule has 0 radical (unpaired) electrons. The number of hydrogen-bond donors (Lipinski definition) is 0. The minimum atomic E-state index is -4.71. The van der Waals surface area contributed by atoms with Crippen LogP contribution in [0, 0.1) is 6.92 Å². The Balaban J connectivity index is 2.94. The van der Waals surface area contributed by atoms with Crippen molar-refractivity contribution in [3.8, 4) is 0 Å². The molecule has 74 valence electrons. The maximum atomic E-state index is 12.8. The number of halogens is 1. The molecule has 6 heteroatoms. The van der Waals surface area contributed by atoms with Crippen molar-refractivity contribution in [2.75, 3.05) is 0 Å². The molecule has 2 rings (SSSR count). The number of pyridine rings is 1. The van der Waals surface area contributed by atoms with Crippen LogP contribution in [0.5, 0.6) is 0 Å². The number of aromatic nitrogens is 2. The third-order valence-corrected chi connectivity index (χ3v) is 2.73. The lowest BCUT2D eigenvalue weighted by Gasteiger charge is -2.00. The Labute approximate surface area is 80.2 Å². The molecule has 0 aliphatic heterocycles. The van der Waals surface area contributed by atoms with E-state index in [0.29, 0.717) is 11.3 Å². The van der Waals surface area contributed by atoms with Crippen LogP contribution in [-0.2, 0) is 10.2 Å². The van der Waals surface area contributed by atoms with E-state index in [2.05, 4.69) is 4.98 Å². The maximum Gasteiger partial charge on any atom is 0.349 e. The average Bonchev–Trinajstić information content (AvgIpc) is 2.47. The summed E-state index contributed by atoms with van der Waals surface area (Å²) in [6.07, 6.45) is 1.01. The van der Waals surface area contributed by atoms with E-state index in [4.69, 9.17) is 0 Å². The molecule has 0 bridgehead atoms. The van der Waals surface area contributed by atoms with Gasteiger partial charge in [-0.1, -0.05) is 9.95 Å². The zero-order valence-corrected chi connectivity index (χ0v) is 8.12. The quantitative estimate of drug-likeness (QED) is 0.672. The van der Waals surface area contributed by atoms with Crippen molar-refractivity contribution in [1.29, 1.82) is 0 Å². The lowest BCUT2D eigenvalue weighted by molar-refractivity contribution is 0.546. The van der Waals surface area contributed by atoms with Gasteiger partial charge in [0.25, 0.3) is 0 Å². The predicted molar refractivity (Wildman–Crippen MR) is 48.2 cm³/mol. The predicted octanol–water partition coefficient (Wildman–Crippen LogP) is 1.30. The number of nitrogens with zero attached hydrogens (tertiary/aromatic N) is 2. The number of hydrogen-bond acceptors (Lipinski definition) is 3. The van der Waals surface area contributed by atoms with Gasteiger partial charge in [0, 0.05) is 5.69 Å². The summed E-state index contributed by atoms with van der Waals surface area (Å²) in [4.78, 5) is 3.79. The van der Waals surface area contributed by atoms with Crippen LogP contribution < -0.4 is 0 Å². The normalized spacial score (nSPS) is 12.1. The number of aryl methyl sites for hydroxylation is 1. The van der Waals surface area contributed by atoms with Gasteiger partial charge in [-0.05, 0) is 19.1 Å². The average molecular weight is 214 g/mol. The van der Waals surface area contributed by atoms with Gasteiger partial charge in [0.15, 0.2) is 5.03 Å². The highest BCUT2D eigenvalue weighted by Crippen LogP contribution is 2.16. The zero-order chi connectivity index (χ0) is 10.3. The van der Waals surface area contributed by atoms with Crippen molar-refractivity contribution in [1.82, 2.24) is 9.38 Å². The molecule has 0 saturated heterocycles. The third kappa shape index (κ3) is 1.27. The summed E-state index contributed by atoms with van der Waals surface area (Å²) in [6.45, 7) is 1.68. The summed E-state index contributed by atoms with van der Waals surface area (Å²) in [5.74, 6) is 0. The Bertz CT molecular complexity index is 588. The molecular weight excluding hydrogens is 207 g/mol. The summed E-state index contributed by atoms with van der Waals surface area (Å²) in [6, 6.07) is 5.03. The van der Waals surface area contributed by atoms with E-state index in [9.17, 15) is 12.3 Å². The number of fused-ring (bicyclic) bond motifs is 1. The highest BCUT2D eigenvalue weighted by Gasteiger charge is 2.18. The monoisotopic (exact) mass is 214 g/mol. The second kappa shape index (κ2) is 2.78. The summed E-state index contributed by atoms with van der Waals surface area (Å²) >= 11 is 0. The second-order valence-corrected chi connectivity index (χ2v) is 4.19. The van der Waals surface area contributed by atoms with Gasteiger partial charge in [-0.2, -0.15) is 8.42 Å². The molecule has 0 atom stereocenters. The van der Waals surface area contributed by atoms with Gasteiger partial charge < -0.3 is 0 Å². The van der Waals surface area contributed by atoms with Gasteiger partial charge >= 0.3 is 10.2 Å². The first kappa shape index (κ1) is 9.14. The summed E-state index contributed by atoms with van der Waals surface area (Å²) in [5.41, 5.74) is 1.04. The Morgan fingerprint density at radius 3 is 2.79 bits per heavy atom. The highest BCUT2D eigenvalue weighted by atomic mass is 32.3. The van der Waals surface area contributed by atoms with Crippen molar-refractivity contribution in [3.63, 3.8) is 0 Å². The van der Waals surface area contributed by atoms with E-state index in [1.165, 1.54) is 4.40 Å². The number of rotatable bonds is 1. The molecule has 2 heterocycles. The lowest BCUT2D eigenvalue weighted by Crippen LogP contribution is -2.00. The SMILES string of the molecule is Cc1cccc2ncc(S(=O)(=O)F)n12. The van der Waals surface area contributed by atoms with Crippen LogP contribution in [0.1, 0.15) is 5.69 Å². The van der Waals surface area contributed by atoms with E-state index in [1.54, 1.807) is 25.1 Å². The van der Waals surface area contributed by atoms with E-state index >= 15 is 0 Å². The minimum absolute atomic E-state index is 0.418. The molecular formula is C8H7FN2O2S. The standard InChI is InChI=1S/C8H7FN2O2S/c1-6-3-2-4-7-10-5-8(11(6)7)14(9,12)13/h2-5H,1H3. The van der Waals surface area contributed by atoms with Gasteiger partial charge in [-0.3, -0.25) is 4.40 Å². The molecule has 0 spiro atoms. The van der Waals surface area contributed by atoms with Crippen LogP contribution in [-0.4, -0.2) is 17.8 Å². The topological polar surface area (TPSA) is 51.4 Å². The van der Waals surface area contributed by atoms with Crippen LogP contribution in [0.15, 0.2) is 29.4 Å². The smallest absolute Gasteiger partial charge is 0.286 e. The minimum Gasteiger partial charge on any atom is -0.286 e. The molecule has 2 aromatic rings. The molecule has 0 saturated carbocycles. The third-order valence-electron chi connectivity index (χ3n) is 1.94. The highest BCUT2D eigenvalue weighted by molar-refractivity contribution is 7.86. The molecule has 4 nitrogen and oxygen atoms in total. The second-order valence-electron chi connectivity index (χ2n) is 2.90. The van der Waals surface area contributed by atoms with Crippen LogP contribution in [0.4, 0.5) is 3.89 Å². The fraction of sp³-hybridized carbons (Fsp3) is 0.125. The molecule has 0 fully saturated rings. The Hall–Kier alpha value is -1.43. The number of imidazole rings is 1. The molecule has 0 aromatic carbocycles. The van der Waals surface area contributed by atoms with Gasteiger partial charge in [0.05, 0.1) is 6.20 Å². The Morgan fingerprint density at radius 1 is 1.43 bits per heavy atom. The zero-order valence-electron chi connectivity index (χ0n) is 7.31. The fourth-order valence-corrected chi connectivity index (χ4v) is 1.98. The molecule has 0 aliphatic rings. The maximum absolute atomic E-state index is 12.8. The largest absolute Gasteiger partial charge is 0.349 e. The van der Waals surface area contributed by atoms with E-state index in [1.807, 2.05) is 0 Å². The molecule has 2 aromatic heterocycles. The molecule has 14 heavy (non-hydrogen) atoms. The summed E-state index contributed by atoms with van der Waals surface area (Å²) in [5, 5.41) is -0.425. The van der Waals surface area contributed by atoms with Gasteiger partial charge in [-0.25, -0.2) is 4.98 Å². The van der Waals surface area contributed by atoms with Crippen LogP contribution >= 0.6 is 0 Å². The van der Waals surface area contributed by atoms with Crippen molar-refractivity contribution >= 4 is 15.9 Å². The molecule has 0 N–H and O–H groups in total. The van der Waals surface area contributed by atoms with Gasteiger partial charge in [0.2, 0.25) is 0 Å². The first-order valence-corrected chi connectivity index (χ1v) is 5.26. The van der Waals surface area contributed by atoms with Crippen LogP contribution in [0.25, 0.3) is 5.65 Å². The first-order valence-electron chi connectivity index (χ1n) is 3.88. The molecule has 0 aliphatic carbocycles. The van der Waals surface area contributed by atoms with E-state index < -0.39 is 15.2 Å². The van der Waals surface area contributed by atoms with E-state index in [0.717, 1.165) is 6.20 Å². The van der Waals surface area contributed by atoms with E-state index in [-0.39, 0.29) is 0 Å². The van der Waals surface area contributed by atoms with Crippen molar-refractivity contribution in [2.45, 2.75) is 11.9 Å². The van der Waals surface area contributed by atoms with Crippen molar-refractivity contribution in [3.05, 3.63) is 30.1 Å². The van der Waals surface area contributed by atoms with Crippen molar-refractivity contribution < 1.29 is 12.3 Å². The summed E-state index contributed by atoms with van der Waals surface area (Å²) in [7, 11) is -4.71. The Morgan fingerprint density at radius 2 is 2.14 bits per heavy atom. The first-order chi connectivity index (χ1) is 6.50. The molecule has 0 unspecified atom stereocenters. The summed E-state index contributed by atoms with van der Waals surface area (Å²) < 4.78 is 35.5. The van der Waals surface area contributed by atoms with Crippen molar-refractivity contribution in [2.24, 2.45) is 0 Å². The van der Waals surface area contributed by atoms with Gasteiger partial charge in [-0.15, -0.1) is 0 Å². The van der Waals surface area contributed by atoms with Crippen LogP contribution in [0.2, 0.25) is 0 Å². The lowest BCUT2D eigenvalue weighted by atomic mass is 10.4.